The molecule has 0 fully saturated rings. The van der Waals surface area contributed by atoms with Crippen LogP contribution >= 0.6 is 11.6 Å². The van der Waals surface area contributed by atoms with E-state index in [0.717, 1.165) is 12.0 Å². The molecule has 5 nitrogen and oxygen atoms in total. The van der Waals surface area contributed by atoms with Crippen molar-refractivity contribution in [3.63, 3.8) is 0 Å². The fourth-order valence-electron chi connectivity index (χ4n) is 3.07. The molecule has 2 aromatic carbocycles. The molecule has 0 radical (unpaired) electrons. The highest BCUT2D eigenvalue weighted by Gasteiger charge is 2.17. The first-order valence-corrected chi connectivity index (χ1v) is 9.31. The molecule has 0 spiro atoms. The number of nitrogens with one attached hydrogen (secondary N) is 1. The topological polar surface area (TPSA) is 64.0 Å². The molecule has 3 rings (SSSR count). The summed E-state index contributed by atoms with van der Waals surface area (Å²) in [5.74, 6) is 0.192. The monoisotopic (exact) mass is 383 g/mol. The second-order valence-electron chi connectivity index (χ2n) is 7.00. The van der Waals surface area contributed by atoms with Crippen LogP contribution < -0.4 is 10.9 Å². The predicted octanol–water partition coefficient (Wildman–Crippen LogP) is 3.95. The highest BCUT2D eigenvalue weighted by molar-refractivity contribution is 6.31. The van der Waals surface area contributed by atoms with Gasteiger partial charge in [0.25, 0.3) is 5.56 Å². The van der Waals surface area contributed by atoms with Crippen LogP contribution in [0.2, 0.25) is 5.02 Å². The summed E-state index contributed by atoms with van der Waals surface area (Å²) in [6, 6.07) is 14.7. The fraction of sp³-hybridized carbons (Fsp3) is 0.286. The zero-order chi connectivity index (χ0) is 19.4. The van der Waals surface area contributed by atoms with Crippen molar-refractivity contribution in [3.8, 4) is 0 Å². The number of benzene rings is 2. The molecule has 140 valence electrons. The molecular formula is C21H22ClN3O2. The maximum Gasteiger partial charge on any atom is 0.261 e. The largest absolute Gasteiger partial charge is 0.348 e. The molecule has 0 aliphatic carbocycles. The van der Waals surface area contributed by atoms with Gasteiger partial charge in [0.1, 0.15) is 6.54 Å². The Balaban J connectivity index is 1.81. The first-order chi connectivity index (χ1) is 12.9. The molecule has 3 aromatic rings. The summed E-state index contributed by atoms with van der Waals surface area (Å²) in [5, 5.41) is 3.91. The summed E-state index contributed by atoms with van der Waals surface area (Å²) in [6.45, 7) is 4.14. The molecule has 27 heavy (non-hydrogen) atoms. The van der Waals surface area contributed by atoms with E-state index in [2.05, 4.69) is 24.1 Å². The minimum atomic E-state index is -0.280. The maximum absolute atomic E-state index is 12.6. The van der Waals surface area contributed by atoms with Gasteiger partial charge >= 0.3 is 0 Å². The molecule has 1 heterocycles. The van der Waals surface area contributed by atoms with Gasteiger partial charge in [-0.3, -0.25) is 14.2 Å². The van der Waals surface area contributed by atoms with Gasteiger partial charge < -0.3 is 5.32 Å². The third-order valence-electron chi connectivity index (χ3n) is 4.34. The van der Waals surface area contributed by atoms with Crippen molar-refractivity contribution in [1.82, 2.24) is 14.9 Å². The second kappa shape index (κ2) is 8.35. The van der Waals surface area contributed by atoms with Crippen molar-refractivity contribution in [2.75, 3.05) is 0 Å². The molecule has 6 heteroatoms. The lowest BCUT2D eigenvalue weighted by Crippen LogP contribution is -2.35. The van der Waals surface area contributed by atoms with Crippen molar-refractivity contribution in [3.05, 3.63) is 75.8 Å². The van der Waals surface area contributed by atoms with Crippen LogP contribution in [0.3, 0.4) is 0 Å². The van der Waals surface area contributed by atoms with Gasteiger partial charge in [-0.05, 0) is 36.1 Å². The average Bonchev–Trinajstić information content (AvgIpc) is 2.64. The summed E-state index contributed by atoms with van der Waals surface area (Å²) >= 11 is 5.98. The number of hydrogen-bond donors (Lipinski definition) is 1. The Morgan fingerprint density at radius 2 is 1.93 bits per heavy atom. The smallest absolute Gasteiger partial charge is 0.261 e. The van der Waals surface area contributed by atoms with Gasteiger partial charge in [-0.15, -0.1) is 0 Å². The Morgan fingerprint density at radius 1 is 1.19 bits per heavy atom. The van der Waals surface area contributed by atoms with E-state index in [-0.39, 0.29) is 24.1 Å². The number of carbonyl (C=O) groups is 1. The van der Waals surface area contributed by atoms with Crippen LogP contribution in [-0.4, -0.2) is 15.5 Å². The average molecular weight is 384 g/mol. The number of rotatable bonds is 6. The number of nitrogens with zero attached hydrogens (tertiary/aromatic N) is 2. The van der Waals surface area contributed by atoms with Crippen molar-refractivity contribution < 1.29 is 4.79 Å². The third-order valence-corrected chi connectivity index (χ3v) is 4.58. The highest BCUT2D eigenvalue weighted by atomic mass is 35.5. The van der Waals surface area contributed by atoms with E-state index in [1.54, 1.807) is 18.2 Å². The normalized spacial score (nSPS) is 12.3. The van der Waals surface area contributed by atoms with E-state index in [1.807, 2.05) is 30.3 Å². The Morgan fingerprint density at radius 3 is 2.63 bits per heavy atom. The van der Waals surface area contributed by atoms with Gasteiger partial charge in [0.2, 0.25) is 5.91 Å². The second-order valence-corrected chi connectivity index (χ2v) is 7.44. The lowest BCUT2D eigenvalue weighted by molar-refractivity contribution is -0.122. The summed E-state index contributed by atoms with van der Waals surface area (Å²) < 4.78 is 1.31. The summed E-state index contributed by atoms with van der Waals surface area (Å²) in [5.41, 5.74) is 1.33. The van der Waals surface area contributed by atoms with E-state index in [1.165, 1.54) is 10.9 Å². The Hall–Kier alpha value is -2.66. The molecule has 0 saturated heterocycles. The quantitative estimate of drug-likeness (QED) is 0.700. The number of fused-ring (bicyclic) bond motifs is 1. The van der Waals surface area contributed by atoms with Crippen molar-refractivity contribution in [2.45, 2.75) is 32.9 Å². The van der Waals surface area contributed by atoms with Crippen LogP contribution in [0.4, 0.5) is 0 Å². The first kappa shape index (κ1) is 19.1. The molecule has 0 bridgehead atoms. The minimum Gasteiger partial charge on any atom is -0.348 e. The number of amides is 1. The zero-order valence-electron chi connectivity index (χ0n) is 15.4. The van der Waals surface area contributed by atoms with Crippen LogP contribution in [0.5, 0.6) is 0 Å². The van der Waals surface area contributed by atoms with Crippen molar-refractivity contribution in [1.29, 1.82) is 0 Å². The zero-order valence-corrected chi connectivity index (χ0v) is 16.1. The number of hydrogen-bond acceptors (Lipinski definition) is 3. The summed E-state index contributed by atoms with van der Waals surface area (Å²) in [6.07, 6.45) is 2.22. The standard InChI is InChI=1S/C21H22ClN3O2/c1-14(2)10-19(15-6-4-3-5-7-15)24-20(26)12-25-13-23-18-9-8-16(22)11-17(18)21(25)27/h3-9,11,13-14,19H,10,12H2,1-2H3,(H,24,26)/t19-/m0/s1. The third kappa shape index (κ3) is 4.74. The van der Waals surface area contributed by atoms with Crippen molar-refractivity contribution in [2.24, 2.45) is 5.92 Å². The number of carbonyl (C=O) groups excluding carboxylic acids is 1. The van der Waals surface area contributed by atoms with Crippen LogP contribution in [0.1, 0.15) is 31.9 Å². The molecule has 0 aliphatic heterocycles. The van der Waals surface area contributed by atoms with E-state index < -0.39 is 0 Å². The van der Waals surface area contributed by atoms with Gasteiger partial charge in [-0.1, -0.05) is 55.8 Å². The molecule has 1 atom stereocenters. The summed E-state index contributed by atoms with van der Waals surface area (Å²) in [4.78, 5) is 29.5. The molecule has 1 aromatic heterocycles. The lowest BCUT2D eigenvalue weighted by Gasteiger charge is -2.21. The predicted molar refractivity (Wildman–Crippen MR) is 108 cm³/mol. The van der Waals surface area contributed by atoms with Gasteiger partial charge in [0.15, 0.2) is 0 Å². The van der Waals surface area contributed by atoms with E-state index in [9.17, 15) is 9.59 Å². The molecule has 0 saturated carbocycles. The molecule has 1 amide bonds. The van der Waals surface area contributed by atoms with E-state index >= 15 is 0 Å². The van der Waals surface area contributed by atoms with E-state index in [4.69, 9.17) is 11.6 Å². The fourth-order valence-corrected chi connectivity index (χ4v) is 3.25. The molecule has 1 N–H and O–H groups in total. The first-order valence-electron chi connectivity index (χ1n) is 8.93. The van der Waals surface area contributed by atoms with Crippen LogP contribution in [0, 0.1) is 5.92 Å². The Kier molecular flexibility index (Phi) is 5.91. The number of halogens is 1. The summed E-state index contributed by atoms with van der Waals surface area (Å²) in [7, 11) is 0. The lowest BCUT2D eigenvalue weighted by atomic mass is 9.97. The van der Waals surface area contributed by atoms with Gasteiger partial charge in [0.05, 0.1) is 23.3 Å². The van der Waals surface area contributed by atoms with Crippen molar-refractivity contribution >= 4 is 28.4 Å². The molecule has 0 unspecified atom stereocenters. The minimum absolute atomic E-state index is 0.0876. The number of aromatic nitrogens is 2. The van der Waals surface area contributed by atoms with Gasteiger partial charge in [-0.2, -0.15) is 0 Å². The van der Waals surface area contributed by atoms with Crippen LogP contribution in [0.25, 0.3) is 10.9 Å². The van der Waals surface area contributed by atoms with Crippen LogP contribution in [-0.2, 0) is 11.3 Å². The van der Waals surface area contributed by atoms with Gasteiger partial charge in [-0.25, -0.2) is 4.98 Å². The Labute approximate surface area is 163 Å². The van der Waals surface area contributed by atoms with Gasteiger partial charge in [0, 0.05) is 5.02 Å². The maximum atomic E-state index is 12.6. The highest BCUT2D eigenvalue weighted by Crippen LogP contribution is 2.21. The Bertz CT molecular complexity index is 999. The van der Waals surface area contributed by atoms with E-state index in [0.29, 0.717) is 21.8 Å². The SMILES string of the molecule is CC(C)C[C@H](NC(=O)Cn1cnc2ccc(Cl)cc2c1=O)c1ccccc1. The molecule has 0 aliphatic rings. The van der Waals surface area contributed by atoms with Crippen LogP contribution in [0.15, 0.2) is 59.7 Å². The molecular weight excluding hydrogens is 362 g/mol.